The van der Waals surface area contributed by atoms with Crippen LogP contribution in [0, 0.1) is 0 Å². The van der Waals surface area contributed by atoms with Crippen molar-refractivity contribution >= 4 is 11.5 Å². The van der Waals surface area contributed by atoms with E-state index in [2.05, 4.69) is 15.3 Å². The van der Waals surface area contributed by atoms with E-state index in [9.17, 15) is 4.79 Å². The van der Waals surface area contributed by atoms with E-state index in [1.807, 2.05) is 18.2 Å². The molecule has 0 radical (unpaired) electrons. The zero-order valence-corrected chi connectivity index (χ0v) is 10.1. The summed E-state index contributed by atoms with van der Waals surface area (Å²) in [5.41, 5.74) is 2.44. The van der Waals surface area contributed by atoms with Crippen molar-refractivity contribution in [2.75, 3.05) is 7.11 Å². The van der Waals surface area contributed by atoms with Gasteiger partial charge < -0.3 is 4.74 Å². The number of nitrogens with zero attached hydrogens (tertiary/aromatic N) is 4. The molecule has 0 aromatic carbocycles. The largest absolute Gasteiger partial charge is 0.465 e. The van der Waals surface area contributed by atoms with Crippen molar-refractivity contribution in [2.24, 2.45) is 0 Å². The van der Waals surface area contributed by atoms with E-state index in [0.29, 0.717) is 17.0 Å². The van der Waals surface area contributed by atoms with E-state index in [1.165, 1.54) is 7.11 Å². The third-order valence-corrected chi connectivity index (χ3v) is 2.78. The van der Waals surface area contributed by atoms with Gasteiger partial charge in [-0.3, -0.25) is 4.98 Å². The van der Waals surface area contributed by atoms with Gasteiger partial charge in [0.1, 0.15) is 5.69 Å². The van der Waals surface area contributed by atoms with Gasteiger partial charge in [-0.1, -0.05) is 11.3 Å². The second-order valence-corrected chi connectivity index (χ2v) is 3.87. The minimum absolute atomic E-state index is 0.396. The molecule has 0 unspecified atom stereocenters. The number of ether oxygens (including phenoxy) is 1. The summed E-state index contributed by atoms with van der Waals surface area (Å²) >= 11 is 0. The second-order valence-electron chi connectivity index (χ2n) is 3.87. The topological polar surface area (TPSA) is 69.4 Å². The molecule has 19 heavy (non-hydrogen) atoms. The maximum atomic E-state index is 11.8. The Balaban J connectivity index is 2.27. The average Bonchev–Trinajstić information content (AvgIpc) is 2.94. The minimum atomic E-state index is -0.430. The number of esters is 1. The molecule has 94 valence electrons. The Morgan fingerprint density at radius 1 is 1.26 bits per heavy atom. The van der Waals surface area contributed by atoms with Gasteiger partial charge in [-0.05, 0) is 24.3 Å². The molecule has 0 N–H and O–H groups in total. The molecule has 0 amide bonds. The number of hydrogen-bond acceptors (Lipinski definition) is 5. The minimum Gasteiger partial charge on any atom is -0.465 e. The first kappa shape index (κ1) is 11.3. The van der Waals surface area contributed by atoms with Crippen LogP contribution in [-0.4, -0.2) is 32.9 Å². The molecule has 0 spiro atoms. The molecule has 3 aromatic rings. The number of aromatic nitrogens is 4. The summed E-state index contributed by atoms with van der Waals surface area (Å²) in [7, 11) is 1.34. The number of hydrogen-bond donors (Lipinski definition) is 0. The summed E-state index contributed by atoms with van der Waals surface area (Å²) in [5, 5.41) is 7.85. The van der Waals surface area contributed by atoms with Crippen molar-refractivity contribution in [3.8, 4) is 11.4 Å². The van der Waals surface area contributed by atoms with Crippen LogP contribution < -0.4 is 0 Å². The SMILES string of the molecule is COC(=O)c1cccnc1-c1cccc2cnnn12. The Morgan fingerprint density at radius 2 is 2.16 bits per heavy atom. The number of carbonyl (C=O) groups is 1. The van der Waals surface area contributed by atoms with E-state index in [4.69, 9.17) is 4.74 Å². The first-order valence-electron chi connectivity index (χ1n) is 5.64. The van der Waals surface area contributed by atoms with Gasteiger partial charge in [0.2, 0.25) is 0 Å². The lowest BCUT2D eigenvalue weighted by atomic mass is 10.1. The predicted octanol–water partition coefficient (Wildman–Crippen LogP) is 1.58. The highest BCUT2D eigenvalue weighted by Crippen LogP contribution is 2.22. The highest BCUT2D eigenvalue weighted by atomic mass is 16.5. The number of carbonyl (C=O) groups excluding carboxylic acids is 1. The Morgan fingerprint density at radius 3 is 3.00 bits per heavy atom. The average molecular weight is 254 g/mol. The summed E-state index contributed by atoms with van der Waals surface area (Å²) in [6.45, 7) is 0. The molecule has 3 rings (SSSR count). The highest BCUT2D eigenvalue weighted by molar-refractivity contribution is 5.95. The van der Waals surface area contributed by atoms with Crippen LogP contribution in [0.15, 0.2) is 42.7 Å². The summed E-state index contributed by atoms with van der Waals surface area (Å²) in [4.78, 5) is 16.0. The fourth-order valence-corrected chi connectivity index (χ4v) is 1.92. The van der Waals surface area contributed by atoms with Crippen LogP contribution in [0.2, 0.25) is 0 Å². The van der Waals surface area contributed by atoms with Crippen molar-refractivity contribution in [3.05, 3.63) is 48.3 Å². The lowest BCUT2D eigenvalue weighted by molar-refractivity contribution is 0.0601. The molecule has 3 aromatic heterocycles. The van der Waals surface area contributed by atoms with Crippen molar-refractivity contribution in [1.82, 2.24) is 19.8 Å². The first-order chi connectivity index (χ1) is 9.31. The number of rotatable bonds is 2. The lowest BCUT2D eigenvalue weighted by Gasteiger charge is -2.07. The molecule has 0 aliphatic heterocycles. The van der Waals surface area contributed by atoms with Gasteiger partial charge in [-0.2, -0.15) is 0 Å². The fourth-order valence-electron chi connectivity index (χ4n) is 1.92. The van der Waals surface area contributed by atoms with E-state index in [1.54, 1.807) is 29.0 Å². The predicted molar refractivity (Wildman–Crippen MR) is 67.6 cm³/mol. The second kappa shape index (κ2) is 4.49. The van der Waals surface area contributed by atoms with Crippen molar-refractivity contribution in [2.45, 2.75) is 0 Å². The Hall–Kier alpha value is -2.76. The van der Waals surface area contributed by atoms with Crippen LogP contribution in [0.1, 0.15) is 10.4 Å². The monoisotopic (exact) mass is 254 g/mol. The smallest absolute Gasteiger partial charge is 0.340 e. The maximum Gasteiger partial charge on any atom is 0.340 e. The summed E-state index contributed by atoms with van der Waals surface area (Å²) < 4.78 is 6.40. The summed E-state index contributed by atoms with van der Waals surface area (Å²) in [6, 6.07) is 8.94. The molecular weight excluding hydrogens is 244 g/mol. The van der Waals surface area contributed by atoms with Crippen LogP contribution in [0.25, 0.3) is 16.9 Å². The van der Waals surface area contributed by atoms with Gasteiger partial charge in [-0.15, -0.1) is 5.10 Å². The van der Waals surface area contributed by atoms with Gasteiger partial charge in [0.05, 0.1) is 30.1 Å². The molecule has 0 fully saturated rings. The molecule has 6 heteroatoms. The quantitative estimate of drug-likeness (QED) is 0.649. The van der Waals surface area contributed by atoms with Crippen LogP contribution in [0.5, 0.6) is 0 Å². The molecule has 0 aliphatic carbocycles. The normalized spacial score (nSPS) is 10.6. The Kier molecular flexibility index (Phi) is 2.68. The third-order valence-electron chi connectivity index (χ3n) is 2.78. The van der Waals surface area contributed by atoms with E-state index >= 15 is 0 Å². The van der Waals surface area contributed by atoms with Gasteiger partial charge in [0, 0.05) is 6.20 Å². The van der Waals surface area contributed by atoms with Crippen molar-refractivity contribution in [1.29, 1.82) is 0 Å². The van der Waals surface area contributed by atoms with Gasteiger partial charge in [0.25, 0.3) is 0 Å². The Labute approximate surface area is 108 Å². The fraction of sp³-hybridized carbons (Fsp3) is 0.0769. The van der Waals surface area contributed by atoms with Gasteiger partial charge in [-0.25, -0.2) is 9.31 Å². The van der Waals surface area contributed by atoms with Gasteiger partial charge >= 0.3 is 5.97 Å². The van der Waals surface area contributed by atoms with Crippen LogP contribution >= 0.6 is 0 Å². The zero-order chi connectivity index (χ0) is 13.2. The van der Waals surface area contributed by atoms with Crippen LogP contribution in [-0.2, 0) is 4.74 Å². The first-order valence-corrected chi connectivity index (χ1v) is 5.64. The highest BCUT2D eigenvalue weighted by Gasteiger charge is 2.16. The molecule has 0 saturated carbocycles. The number of methoxy groups -OCH3 is 1. The lowest BCUT2D eigenvalue weighted by Crippen LogP contribution is -2.07. The van der Waals surface area contributed by atoms with Gasteiger partial charge in [0.15, 0.2) is 0 Å². The third kappa shape index (κ3) is 1.83. The van der Waals surface area contributed by atoms with E-state index in [-0.39, 0.29) is 0 Å². The molecule has 3 heterocycles. The van der Waals surface area contributed by atoms with Crippen molar-refractivity contribution < 1.29 is 9.53 Å². The number of pyridine rings is 2. The molecular formula is C13H10N4O2. The van der Waals surface area contributed by atoms with Crippen LogP contribution in [0.3, 0.4) is 0 Å². The summed E-state index contributed by atoms with van der Waals surface area (Å²) in [5.74, 6) is -0.430. The van der Waals surface area contributed by atoms with Crippen LogP contribution in [0.4, 0.5) is 0 Å². The maximum absolute atomic E-state index is 11.8. The molecule has 0 aliphatic rings. The molecule has 0 bridgehead atoms. The Bertz CT molecular complexity index is 751. The summed E-state index contributed by atoms with van der Waals surface area (Å²) in [6.07, 6.45) is 3.27. The standard InChI is InChI=1S/C13H10N4O2/c1-19-13(18)10-5-3-7-14-12(10)11-6-2-4-9-8-15-16-17(9)11/h2-8H,1H3. The zero-order valence-electron chi connectivity index (χ0n) is 10.1. The molecule has 6 nitrogen and oxygen atoms in total. The van der Waals surface area contributed by atoms with Crippen molar-refractivity contribution in [3.63, 3.8) is 0 Å². The van der Waals surface area contributed by atoms with E-state index < -0.39 is 5.97 Å². The molecule has 0 saturated heterocycles. The number of fused-ring (bicyclic) bond motifs is 1. The molecule has 0 atom stereocenters. The van der Waals surface area contributed by atoms with E-state index in [0.717, 1.165) is 5.52 Å².